The highest BCUT2D eigenvalue weighted by Gasteiger charge is 2.19. The van der Waals surface area contributed by atoms with E-state index in [2.05, 4.69) is 10.6 Å². The number of urea groups is 1. The van der Waals surface area contributed by atoms with E-state index in [0.717, 1.165) is 18.4 Å². The van der Waals surface area contributed by atoms with Crippen LogP contribution in [0.2, 0.25) is 0 Å². The fourth-order valence-corrected chi connectivity index (χ4v) is 2.73. The summed E-state index contributed by atoms with van der Waals surface area (Å²) >= 11 is 0. The van der Waals surface area contributed by atoms with Gasteiger partial charge in [-0.15, -0.1) is 0 Å². The average Bonchev–Trinajstić information content (AvgIpc) is 2.48. The predicted octanol–water partition coefficient (Wildman–Crippen LogP) is 2.71. The molecule has 1 fully saturated rings. The molecule has 1 aliphatic carbocycles. The Labute approximate surface area is 121 Å². The maximum Gasteiger partial charge on any atom is 0.315 e. The lowest BCUT2D eigenvalue weighted by atomic mass is 9.96. The largest absolute Gasteiger partial charge is 0.335 e. The fraction of sp³-hybridized carbons (Fsp3) is 0.562. The van der Waals surface area contributed by atoms with E-state index in [1.807, 2.05) is 37.3 Å². The average molecular weight is 275 g/mol. The Morgan fingerprint density at radius 2 is 1.85 bits per heavy atom. The number of nitrogens with two attached hydrogens (primary N) is 1. The number of nitrogens with one attached hydrogen (secondary N) is 2. The first-order valence-corrected chi connectivity index (χ1v) is 7.54. The van der Waals surface area contributed by atoms with Crippen molar-refractivity contribution in [3.05, 3.63) is 35.9 Å². The summed E-state index contributed by atoms with van der Waals surface area (Å²) in [4.78, 5) is 12.0. The van der Waals surface area contributed by atoms with Crippen molar-refractivity contribution in [2.24, 2.45) is 5.73 Å². The van der Waals surface area contributed by atoms with E-state index < -0.39 is 0 Å². The van der Waals surface area contributed by atoms with Gasteiger partial charge in [0.1, 0.15) is 0 Å². The van der Waals surface area contributed by atoms with E-state index >= 15 is 0 Å². The minimum atomic E-state index is -0.187. The smallest absolute Gasteiger partial charge is 0.315 e. The molecule has 0 heterocycles. The minimum absolute atomic E-state index is 0.0963. The monoisotopic (exact) mass is 275 g/mol. The number of benzene rings is 1. The Balaban J connectivity index is 1.81. The van der Waals surface area contributed by atoms with Crippen molar-refractivity contribution >= 4 is 6.03 Å². The third-order valence-corrected chi connectivity index (χ3v) is 4.02. The van der Waals surface area contributed by atoms with Crippen LogP contribution in [0.15, 0.2) is 30.3 Å². The summed E-state index contributed by atoms with van der Waals surface area (Å²) in [6.45, 7) is 1.94. The van der Waals surface area contributed by atoms with Gasteiger partial charge in [0.25, 0.3) is 0 Å². The summed E-state index contributed by atoms with van der Waals surface area (Å²) < 4.78 is 0. The van der Waals surface area contributed by atoms with Gasteiger partial charge >= 0.3 is 6.03 Å². The van der Waals surface area contributed by atoms with Gasteiger partial charge in [-0.25, -0.2) is 4.79 Å². The van der Waals surface area contributed by atoms with Gasteiger partial charge in [-0.1, -0.05) is 49.6 Å². The molecule has 110 valence electrons. The number of amides is 2. The summed E-state index contributed by atoms with van der Waals surface area (Å²) in [5.41, 5.74) is 7.22. The normalized spacial score (nSPS) is 19.1. The molecule has 1 aromatic rings. The lowest BCUT2D eigenvalue weighted by Gasteiger charge is -2.26. The molecule has 4 nitrogen and oxygen atoms in total. The molecule has 0 aromatic heterocycles. The van der Waals surface area contributed by atoms with Crippen LogP contribution in [0.25, 0.3) is 0 Å². The van der Waals surface area contributed by atoms with Gasteiger partial charge in [-0.2, -0.15) is 0 Å². The second-order valence-electron chi connectivity index (χ2n) is 5.68. The van der Waals surface area contributed by atoms with Crippen LogP contribution in [0, 0.1) is 0 Å². The van der Waals surface area contributed by atoms with E-state index in [1.165, 1.54) is 19.3 Å². The van der Waals surface area contributed by atoms with E-state index in [4.69, 9.17) is 5.73 Å². The lowest BCUT2D eigenvalue weighted by molar-refractivity contribution is 0.228. The van der Waals surface area contributed by atoms with E-state index in [0.29, 0.717) is 6.04 Å². The predicted molar refractivity (Wildman–Crippen MR) is 81.4 cm³/mol. The lowest BCUT2D eigenvalue weighted by Crippen LogP contribution is -2.48. The summed E-state index contributed by atoms with van der Waals surface area (Å²) in [6, 6.07) is 9.80. The molecule has 0 aliphatic heterocycles. The molecule has 20 heavy (non-hydrogen) atoms. The van der Waals surface area contributed by atoms with Crippen LogP contribution in [0.3, 0.4) is 0 Å². The second-order valence-corrected chi connectivity index (χ2v) is 5.68. The SMILES string of the molecule is CC(NC(=O)NC1CCCCC1)C(N)c1ccccc1. The third-order valence-electron chi connectivity index (χ3n) is 4.02. The maximum atomic E-state index is 12.0. The molecule has 2 amide bonds. The minimum Gasteiger partial charge on any atom is -0.335 e. The summed E-state index contributed by atoms with van der Waals surface area (Å²) in [7, 11) is 0. The van der Waals surface area contributed by atoms with Gasteiger partial charge in [-0.05, 0) is 25.3 Å². The molecule has 0 radical (unpaired) electrons. The van der Waals surface area contributed by atoms with E-state index in [-0.39, 0.29) is 18.1 Å². The Morgan fingerprint density at radius 1 is 1.20 bits per heavy atom. The summed E-state index contributed by atoms with van der Waals surface area (Å²) in [5, 5.41) is 6.00. The quantitative estimate of drug-likeness (QED) is 0.791. The highest BCUT2D eigenvalue weighted by Crippen LogP contribution is 2.17. The first-order chi connectivity index (χ1) is 9.66. The molecule has 1 aromatic carbocycles. The summed E-state index contributed by atoms with van der Waals surface area (Å²) in [6.07, 6.45) is 5.89. The molecular formula is C16H25N3O. The maximum absolute atomic E-state index is 12.0. The Kier molecular flexibility index (Phi) is 5.41. The molecule has 0 bridgehead atoms. The number of hydrogen-bond acceptors (Lipinski definition) is 2. The van der Waals surface area contributed by atoms with Gasteiger partial charge in [0.15, 0.2) is 0 Å². The Hall–Kier alpha value is -1.55. The van der Waals surface area contributed by atoms with E-state index in [1.54, 1.807) is 0 Å². The van der Waals surface area contributed by atoms with Gasteiger partial charge < -0.3 is 16.4 Å². The molecule has 2 atom stereocenters. The standard InChI is InChI=1S/C16H25N3O/c1-12(15(17)13-8-4-2-5-9-13)18-16(20)19-14-10-6-3-7-11-14/h2,4-5,8-9,12,14-15H,3,6-7,10-11,17H2,1H3,(H2,18,19,20). The Bertz CT molecular complexity index is 415. The van der Waals surface area contributed by atoms with Crippen LogP contribution in [0.1, 0.15) is 50.6 Å². The zero-order chi connectivity index (χ0) is 14.4. The van der Waals surface area contributed by atoms with Crippen molar-refractivity contribution in [1.29, 1.82) is 0 Å². The van der Waals surface area contributed by atoms with Gasteiger partial charge in [-0.3, -0.25) is 0 Å². The number of rotatable bonds is 4. The van der Waals surface area contributed by atoms with Crippen LogP contribution >= 0.6 is 0 Å². The highest BCUT2D eigenvalue weighted by molar-refractivity contribution is 5.74. The van der Waals surface area contributed by atoms with Crippen LogP contribution in [0.5, 0.6) is 0 Å². The van der Waals surface area contributed by atoms with Crippen molar-refractivity contribution in [2.75, 3.05) is 0 Å². The topological polar surface area (TPSA) is 67.2 Å². The van der Waals surface area contributed by atoms with Crippen LogP contribution in [-0.2, 0) is 0 Å². The van der Waals surface area contributed by atoms with Crippen molar-refractivity contribution in [2.45, 2.75) is 57.2 Å². The molecule has 1 saturated carbocycles. The van der Waals surface area contributed by atoms with E-state index in [9.17, 15) is 4.79 Å². The molecule has 0 spiro atoms. The van der Waals surface area contributed by atoms with Crippen molar-refractivity contribution in [3.8, 4) is 0 Å². The van der Waals surface area contributed by atoms with Crippen LogP contribution in [0.4, 0.5) is 4.79 Å². The third kappa shape index (κ3) is 4.23. The molecule has 2 unspecified atom stereocenters. The number of carbonyl (C=O) groups is 1. The molecule has 4 N–H and O–H groups in total. The van der Waals surface area contributed by atoms with Gasteiger partial charge in [0.05, 0.1) is 0 Å². The fourth-order valence-electron chi connectivity index (χ4n) is 2.73. The second kappa shape index (κ2) is 7.29. The number of carbonyl (C=O) groups excluding carboxylic acids is 1. The zero-order valence-electron chi connectivity index (χ0n) is 12.1. The first-order valence-electron chi connectivity index (χ1n) is 7.54. The first kappa shape index (κ1) is 14.9. The highest BCUT2D eigenvalue weighted by atomic mass is 16.2. The molecule has 2 rings (SSSR count). The molecular weight excluding hydrogens is 250 g/mol. The van der Waals surface area contributed by atoms with Crippen molar-refractivity contribution < 1.29 is 4.79 Å². The molecule has 1 aliphatic rings. The van der Waals surface area contributed by atoms with Crippen molar-refractivity contribution in [1.82, 2.24) is 10.6 Å². The van der Waals surface area contributed by atoms with Crippen LogP contribution < -0.4 is 16.4 Å². The summed E-state index contributed by atoms with van der Waals surface area (Å²) in [5.74, 6) is 0. The molecule has 0 saturated heterocycles. The van der Waals surface area contributed by atoms with Crippen molar-refractivity contribution in [3.63, 3.8) is 0 Å². The molecule has 4 heteroatoms. The van der Waals surface area contributed by atoms with Gasteiger partial charge in [0, 0.05) is 18.1 Å². The van der Waals surface area contributed by atoms with Crippen LogP contribution in [-0.4, -0.2) is 18.1 Å². The zero-order valence-corrected chi connectivity index (χ0v) is 12.1. The van der Waals surface area contributed by atoms with Gasteiger partial charge in [0.2, 0.25) is 0 Å². The Morgan fingerprint density at radius 3 is 2.50 bits per heavy atom. The number of hydrogen-bond donors (Lipinski definition) is 3.